The number of ketones is 1. The molecule has 0 bridgehead atoms. The van der Waals surface area contributed by atoms with Crippen molar-refractivity contribution in [3.63, 3.8) is 0 Å². The Morgan fingerprint density at radius 2 is 1.95 bits per heavy atom. The molecule has 0 spiro atoms. The molecule has 238 valence electrons. The van der Waals surface area contributed by atoms with Crippen LogP contribution in [0.2, 0.25) is 0 Å². The third-order valence-corrected chi connectivity index (χ3v) is 11.8. The van der Waals surface area contributed by atoms with Crippen LogP contribution < -0.4 is 0 Å². The number of Topliss-reactive ketones (excluding diaryl/α,β-unsaturated/α-hetero) is 1. The summed E-state index contributed by atoms with van der Waals surface area (Å²) in [6, 6.07) is 0. The minimum Gasteiger partial charge on any atom is -0.459 e. The second kappa shape index (κ2) is 11.4. The van der Waals surface area contributed by atoms with Gasteiger partial charge in [0.25, 0.3) is 0 Å². The predicted molar refractivity (Wildman–Crippen MR) is 161 cm³/mol. The van der Waals surface area contributed by atoms with E-state index in [9.17, 15) is 24.9 Å². The summed E-state index contributed by atoms with van der Waals surface area (Å²) in [6.07, 6.45) is 11.3. The van der Waals surface area contributed by atoms with Crippen LogP contribution in [0.25, 0.3) is 0 Å². The van der Waals surface area contributed by atoms with Gasteiger partial charge in [-0.1, -0.05) is 64.5 Å². The van der Waals surface area contributed by atoms with Crippen LogP contribution in [0.3, 0.4) is 0 Å². The van der Waals surface area contributed by atoms with Crippen LogP contribution in [0.1, 0.15) is 80.1 Å². The first-order valence-electron chi connectivity index (χ1n) is 16.1. The van der Waals surface area contributed by atoms with Crippen molar-refractivity contribution in [2.24, 2.45) is 34.5 Å². The number of hydrogen-bond acceptors (Lipinski definition) is 8. The van der Waals surface area contributed by atoms with E-state index in [1.54, 1.807) is 13.0 Å². The molecule has 5 aliphatic rings. The summed E-state index contributed by atoms with van der Waals surface area (Å²) < 4.78 is 19.7. The maximum Gasteiger partial charge on any atom is 0.303 e. The Morgan fingerprint density at radius 3 is 2.56 bits per heavy atom. The number of ether oxygens (including phenoxy) is 3. The molecule has 3 saturated carbocycles. The number of aliphatic hydroxyl groups excluding tert-OH is 2. The fraction of sp³-hybridized carbons (Fsp3) is 0.714. The second-order valence-corrected chi connectivity index (χ2v) is 13.8. The van der Waals surface area contributed by atoms with Gasteiger partial charge in [0.1, 0.15) is 12.2 Å². The van der Waals surface area contributed by atoms with Crippen molar-refractivity contribution < 1.29 is 39.1 Å². The Balaban J connectivity index is 1.66. The van der Waals surface area contributed by atoms with E-state index in [0.29, 0.717) is 24.0 Å². The molecule has 1 heterocycles. The van der Waals surface area contributed by atoms with Gasteiger partial charge in [0.05, 0.1) is 12.7 Å². The highest BCUT2D eigenvalue weighted by molar-refractivity contribution is 6.05. The molecule has 5 rings (SSSR count). The third kappa shape index (κ3) is 4.34. The van der Waals surface area contributed by atoms with Crippen LogP contribution in [0.5, 0.6) is 0 Å². The van der Waals surface area contributed by atoms with Crippen LogP contribution in [-0.2, 0) is 23.8 Å². The highest BCUT2D eigenvalue weighted by Gasteiger charge is 2.83. The molecule has 8 heteroatoms. The molecular formula is C35H50O8. The molecule has 12 atom stereocenters. The SMILES string of the molecule is C=C(C)[C@@]12OC(/C=C/C=C/CCCCC)O[C@@H]1[C@@H]1[C@@H]3C[C@]3(CO)[C@@H](O)[C@]3(O)C(=O)C(C)=C[C@H]3[C@@]1(CC)[C@H](C)[C@H]2OC(C)=O. The third-order valence-electron chi connectivity index (χ3n) is 11.8. The van der Waals surface area contributed by atoms with Crippen molar-refractivity contribution in [2.75, 3.05) is 6.61 Å². The zero-order valence-corrected chi connectivity index (χ0v) is 26.5. The first-order valence-corrected chi connectivity index (χ1v) is 16.1. The maximum absolute atomic E-state index is 13.7. The molecule has 4 fully saturated rings. The number of hydrogen-bond donors (Lipinski definition) is 3. The van der Waals surface area contributed by atoms with Gasteiger partial charge < -0.3 is 29.5 Å². The van der Waals surface area contributed by atoms with Gasteiger partial charge >= 0.3 is 5.97 Å². The van der Waals surface area contributed by atoms with Crippen molar-refractivity contribution in [1.29, 1.82) is 0 Å². The lowest BCUT2D eigenvalue weighted by molar-refractivity contribution is -0.231. The van der Waals surface area contributed by atoms with Crippen molar-refractivity contribution >= 4 is 11.8 Å². The normalized spacial score (nSPS) is 46.6. The number of carbonyl (C=O) groups is 2. The molecule has 0 aromatic rings. The van der Waals surface area contributed by atoms with Crippen molar-refractivity contribution in [3.05, 3.63) is 48.1 Å². The summed E-state index contributed by atoms with van der Waals surface area (Å²) in [4.78, 5) is 26.4. The highest BCUT2D eigenvalue weighted by atomic mass is 16.8. The number of unbranched alkanes of at least 4 members (excludes halogenated alkanes) is 3. The van der Waals surface area contributed by atoms with E-state index in [4.69, 9.17) is 14.2 Å². The fourth-order valence-electron chi connectivity index (χ4n) is 9.71. The number of esters is 1. The van der Waals surface area contributed by atoms with Gasteiger partial charge in [0.2, 0.25) is 0 Å². The zero-order valence-electron chi connectivity index (χ0n) is 26.5. The van der Waals surface area contributed by atoms with Crippen LogP contribution in [0.15, 0.2) is 48.1 Å². The van der Waals surface area contributed by atoms with Gasteiger partial charge in [0, 0.05) is 24.2 Å². The van der Waals surface area contributed by atoms with E-state index >= 15 is 0 Å². The molecule has 1 saturated heterocycles. The number of aliphatic hydroxyl groups is 3. The number of allylic oxidation sites excluding steroid dienone is 3. The minimum absolute atomic E-state index is 0.266. The molecule has 0 aromatic heterocycles. The summed E-state index contributed by atoms with van der Waals surface area (Å²) >= 11 is 0. The van der Waals surface area contributed by atoms with Gasteiger partial charge in [-0.25, -0.2) is 0 Å². The summed E-state index contributed by atoms with van der Waals surface area (Å²) in [5.74, 6) is -2.83. The molecule has 43 heavy (non-hydrogen) atoms. The molecular weight excluding hydrogens is 548 g/mol. The topological polar surface area (TPSA) is 123 Å². The van der Waals surface area contributed by atoms with E-state index in [1.807, 2.05) is 39.0 Å². The highest BCUT2D eigenvalue weighted by Crippen LogP contribution is 2.76. The molecule has 0 amide bonds. The molecule has 3 N–H and O–H groups in total. The van der Waals surface area contributed by atoms with Crippen LogP contribution >= 0.6 is 0 Å². The molecule has 1 unspecified atom stereocenters. The van der Waals surface area contributed by atoms with Gasteiger partial charge in [-0.15, -0.1) is 0 Å². The first kappa shape index (κ1) is 32.3. The van der Waals surface area contributed by atoms with E-state index < -0.39 is 70.2 Å². The largest absolute Gasteiger partial charge is 0.459 e. The van der Waals surface area contributed by atoms with E-state index in [-0.39, 0.29) is 18.4 Å². The van der Waals surface area contributed by atoms with Crippen molar-refractivity contribution in [2.45, 2.75) is 116 Å². The average molecular weight is 599 g/mol. The summed E-state index contributed by atoms with van der Waals surface area (Å²) in [5, 5.41) is 34.9. The summed E-state index contributed by atoms with van der Waals surface area (Å²) in [5.41, 5.74) is -4.22. The lowest BCUT2D eigenvalue weighted by atomic mass is 9.46. The number of fused-ring (bicyclic) bond motifs is 7. The Labute approximate surface area is 255 Å². The molecule has 0 radical (unpaired) electrons. The zero-order chi connectivity index (χ0) is 31.5. The van der Waals surface area contributed by atoms with Crippen LogP contribution in [-0.4, -0.2) is 69.5 Å². The Kier molecular flexibility index (Phi) is 8.53. The van der Waals surface area contributed by atoms with E-state index in [2.05, 4.69) is 19.6 Å². The fourth-order valence-corrected chi connectivity index (χ4v) is 9.71. The monoisotopic (exact) mass is 598 g/mol. The van der Waals surface area contributed by atoms with Crippen LogP contribution in [0.4, 0.5) is 0 Å². The Morgan fingerprint density at radius 1 is 1.23 bits per heavy atom. The summed E-state index contributed by atoms with van der Waals surface area (Å²) in [7, 11) is 0. The number of carbonyl (C=O) groups excluding carboxylic acids is 2. The van der Waals surface area contributed by atoms with Gasteiger partial charge in [0.15, 0.2) is 23.3 Å². The Bertz CT molecular complexity index is 1240. The predicted octanol–water partition coefficient (Wildman–Crippen LogP) is 4.58. The van der Waals surface area contributed by atoms with Crippen LogP contribution in [0, 0.1) is 34.5 Å². The van der Waals surface area contributed by atoms with Crippen molar-refractivity contribution in [3.8, 4) is 0 Å². The lowest BCUT2D eigenvalue weighted by Gasteiger charge is -2.62. The van der Waals surface area contributed by atoms with Gasteiger partial charge in [-0.3, -0.25) is 9.59 Å². The van der Waals surface area contributed by atoms with E-state index in [0.717, 1.165) is 19.3 Å². The minimum atomic E-state index is -2.12. The maximum atomic E-state index is 13.7. The standard InChI is InChI=1S/C35H50O8/c1-8-10-11-12-13-14-15-16-26-42-30-27-24-18-32(24,19-36)31(39)34(40)25(17-21(5)28(34)38)33(27,9-2)22(6)29(41-23(7)37)35(30,43-26)20(3)4/h13-17,22,24-27,29-31,36,39-40H,3,8-12,18-19H2,1-2,4-7H3/b14-13+,16-15+/t22-,24+,25+,26?,27+,29-,30-,31-,32-,33-,34-,35+/m1/s1. The quantitative estimate of drug-likeness (QED) is 0.145. The smallest absolute Gasteiger partial charge is 0.303 e. The van der Waals surface area contributed by atoms with Gasteiger partial charge in [-0.2, -0.15) is 0 Å². The molecule has 0 aromatic carbocycles. The average Bonchev–Trinajstić information content (AvgIpc) is 3.51. The van der Waals surface area contributed by atoms with E-state index in [1.165, 1.54) is 13.3 Å². The molecule has 1 aliphatic heterocycles. The van der Waals surface area contributed by atoms with Crippen molar-refractivity contribution in [1.82, 2.24) is 0 Å². The second-order valence-electron chi connectivity index (χ2n) is 13.8. The number of rotatable bonds is 10. The first-order chi connectivity index (χ1) is 20.3. The molecule has 8 nitrogen and oxygen atoms in total. The Hall–Kier alpha value is -2.10. The lowest BCUT2D eigenvalue weighted by Crippen LogP contribution is -2.71. The summed E-state index contributed by atoms with van der Waals surface area (Å²) in [6.45, 7) is 15.0. The molecule has 4 aliphatic carbocycles. The van der Waals surface area contributed by atoms with Gasteiger partial charge in [-0.05, 0) is 74.0 Å².